The minimum absolute atomic E-state index is 0.0560. The standard InChI is InChI=1S/C25H33NO2/c1-18(2)22-15-16-23(24(22)25(27)28-4)26(17-20-11-7-5-8-12-20)19(3)21-13-9-6-10-14-21/h5-14,18-19,22-24H,15-17H2,1-4H3/t19-,22-,23+,24-/m0/s1. The van der Waals surface area contributed by atoms with Crippen molar-refractivity contribution in [3.8, 4) is 0 Å². The van der Waals surface area contributed by atoms with Gasteiger partial charge in [-0.2, -0.15) is 0 Å². The molecular formula is C25H33NO2. The van der Waals surface area contributed by atoms with Gasteiger partial charge in [0, 0.05) is 18.6 Å². The minimum atomic E-state index is -0.0696. The smallest absolute Gasteiger partial charge is 0.310 e. The Morgan fingerprint density at radius 3 is 2.18 bits per heavy atom. The van der Waals surface area contributed by atoms with Crippen LogP contribution in [0.2, 0.25) is 0 Å². The number of carbonyl (C=O) groups is 1. The minimum Gasteiger partial charge on any atom is -0.469 e. The first-order chi connectivity index (χ1) is 13.5. The first kappa shape index (κ1) is 20.6. The normalized spacial score (nSPS) is 23.1. The third kappa shape index (κ3) is 4.47. The number of rotatable bonds is 7. The molecule has 0 aromatic heterocycles. The Morgan fingerprint density at radius 1 is 1.00 bits per heavy atom. The molecule has 3 heteroatoms. The molecule has 0 unspecified atom stereocenters. The van der Waals surface area contributed by atoms with E-state index in [9.17, 15) is 4.79 Å². The third-order valence-electron chi connectivity index (χ3n) is 6.41. The second kappa shape index (κ2) is 9.38. The zero-order valence-corrected chi connectivity index (χ0v) is 17.5. The van der Waals surface area contributed by atoms with E-state index in [0.717, 1.165) is 19.4 Å². The van der Waals surface area contributed by atoms with Crippen molar-refractivity contribution in [2.24, 2.45) is 17.8 Å². The number of carbonyl (C=O) groups excluding carboxylic acids is 1. The molecule has 0 amide bonds. The second-order valence-electron chi connectivity index (χ2n) is 8.35. The van der Waals surface area contributed by atoms with Crippen LogP contribution >= 0.6 is 0 Å². The summed E-state index contributed by atoms with van der Waals surface area (Å²) in [6.07, 6.45) is 2.11. The summed E-state index contributed by atoms with van der Waals surface area (Å²) < 4.78 is 5.27. The SMILES string of the molecule is COC(=O)[C@@H]1[C@H](N(Cc2ccccc2)[C@@H](C)c2ccccc2)CC[C@H]1C(C)C. The fourth-order valence-corrected chi connectivity index (χ4v) is 4.85. The second-order valence-corrected chi connectivity index (χ2v) is 8.35. The Hall–Kier alpha value is -2.13. The van der Waals surface area contributed by atoms with E-state index in [0.29, 0.717) is 11.8 Å². The molecule has 28 heavy (non-hydrogen) atoms. The van der Waals surface area contributed by atoms with E-state index in [4.69, 9.17) is 4.74 Å². The first-order valence-corrected chi connectivity index (χ1v) is 10.4. The van der Waals surface area contributed by atoms with Crippen LogP contribution in [-0.4, -0.2) is 24.0 Å². The fourth-order valence-electron chi connectivity index (χ4n) is 4.85. The summed E-state index contributed by atoms with van der Waals surface area (Å²) in [6, 6.07) is 21.6. The van der Waals surface area contributed by atoms with E-state index in [1.807, 2.05) is 0 Å². The highest BCUT2D eigenvalue weighted by Gasteiger charge is 2.46. The van der Waals surface area contributed by atoms with Gasteiger partial charge < -0.3 is 4.74 Å². The van der Waals surface area contributed by atoms with Crippen molar-refractivity contribution in [3.63, 3.8) is 0 Å². The lowest BCUT2D eigenvalue weighted by molar-refractivity contribution is -0.150. The molecule has 3 nitrogen and oxygen atoms in total. The highest BCUT2D eigenvalue weighted by Crippen LogP contribution is 2.43. The molecule has 0 saturated heterocycles. The Kier molecular flexibility index (Phi) is 6.90. The number of ether oxygens (including phenoxy) is 1. The summed E-state index contributed by atoms with van der Waals surface area (Å²) in [6.45, 7) is 7.55. The predicted octanol–water partition coefficient (Wildman–Crippen LogP) is 5.47. The van der Waals surface area contributed by atoms with Gasteiger partial charge in [-0.15, -0.1) is 0 Å². The maximum absolute atomic E-state index is 12.8. The molecule has 1 aliphatic carbocycles. The van der Waals surface area contributed by atoms with Crippen LogP contribution in [0.4, 0.5) is 0 Å². The highest BCUT2D eigenvalue weighted by atomic mass is 16.5. The van der Waals surface area contributed by atoms with Crippen LogP contribution in [-0.2, 0) is 16.1 Å². The average molecular weight is 380 g/mol. The number of benzene rings is 2. The fraction of sp³-hybridized carbons (Fsp3) is 0.480. The number of hydrogen-bond acceptors (Lipinski definition) is 3. The van der Waals surface area contributed by atoms with Crippen LogP contribution in [0.15, 0.2) is 60.7 Å². The van der Waals surface area contributed by atoms with Crippen molar-refractivity contribution in [2.75, 3.05) is 7.11 Å². The zero-order chi connectivity index (χ0) is 20.1. The van der Waals surface area contributed by atoms with Gasteiger partial charge in [-0.25, -0.2) is 0 Å². The van der Waals surface area contributed by atoms with Crippen molar-refractivity contribution in [1.29, 1.82) is 0 Å². The molecule has 0 heterocycles. The summed E-state index contributed by atoms with van der Waals surface area (Å²) in [5.74, 6) is 0.720. The Morgan fingerprint density at radius 2 is 1.61 bits per heavy atom. The Balaban J connectivity index is 1.96. The van der Waals surface area contributed by atoms with Crippen molar-refractivity contribution in [2.45, 2.75) is 52.2 Å². The van der Waals surface area contributed by atoms with Crippen LogP contribution in [0.1, 0.15) is 50.8 Å². The van der Waals surface area contributed by atoms with Crippen molar-refractivity contribution < 1.29 is 9.53 Å². The van der Waals surface area contributed by atoms with Crippen molar-refractivity contribution in [1.82, 2.24) is 4.90 Å². The number of esters is 1. The van der Waals surface area contributed by atoms with Gasteiger partial charge in [-0.3, -0.25) is 9.69 Å². The van der Waals surface area contributed by atoms with Crippen LogP contribution in [0, 0.1) is 17.8 Å². The summed E-state index contributed by atoms with van der Waals surface area (Å²) in [5.41, 5.74) is 2.57. The van der Waals surface area contributed by atoms with Gasteiger partial charge >= 0.3 is 5.97 Å². The van der Waals surface area contributed by atoms with Crippen LogP contribution in [0.3, 0.4) is 0 Å². The lowest BCUT2D eigenvalue weighted by Crippen LogP contribution is -2.44. The van der Waals surface area contributed by atoms with E-state index in [1.54, 1.807) is 0 Å². The maximum atomic E-state index is 12.8. The van der Waals surface area contributed by atoms with Gasteiger partial charge in [0.05, 0.1) is 13.0 Å². The van der Waals surface area contributed by atoms with E-state index < -0.39 is 0 Å². The quantitative estimate of drug-likeness (QED) is 0.597. The summed E-state index contributed by atoms with van der Waals surface area (Å²) in [5, 5.41) is 0. The molecule has 0 bridgehead atoms. The van der Waals surface area contributed by atoms with Gasteiger partial charge in [0.1, 0.15) is 0 Å². The van der Waals surface area contributed by atoms with Crippen molar-refractivity contribution in [3.05, 3.63) is 71.8 Å². The van der Waals surface area contributed by atoms with E-state index >= 15 is 0 Å². The van der Waals surface area contributed by atoms with Gasteiger partial charge in [0.15, 0.2) is 0 Å². The number of nitrogens with zero attached hydrogens (tertiary/aromatic N) is 1. The van der Waals surface area contributed by atoms with Crippen LogP contribution in [0.5, 0.6) is 0 Å². The summed E-state index contributed by atoms with van der Waals surface area (Å²) >= 11 is 0. The van der Waals surface area contributed by atoms with Gasteiger partial charge in [-0.1, -0.05) is 74.5 Å². The molecule has 1 fully saturated rings. The highest BCUT2D eigenvalue weighted by molar-refractivity contribution is 5.74. The first-order valence-electron chi connectivity index (χ1n) is 10.4. The molecule has 0 radical (unpaired) electrons. The van der Waals surface area contributed by atoms with Crippen molar-refractivity contribution >= 4 is 5.97 Å². The molecule has 2 aromatic rings. The van der Waals surface area contributed by atoms with E-state index in [2.05, 4.69) is 86.3 Å². The molecule has 1 aliphatic rings. The molecule has 0 aliphatic heterocycles. The molecule has 150 valence electrons. The number of methoxy groups -OCH3 is 1. The molecule has 0 spiro atoms. The topological polar surface area (TPSA) is 29.5 Å². The van der Waals surface area contributed by atoms with E-state index in [-0.39, 0.29) is 24.0 Å². The molecular weight excluding hydrogens is 346 g/mol. The molecule has 1 saturated carbocycles. The third-order valence-corrected chi connectivity index (χ3v) is 6.41. The molecule has 3 rings (SSSR count). The maximum Gasteiger partial charge on any atom is 0.310 e. The van der Waals surface area contributed by atoms with Crippen LogP contribution < -0.4 is 0 Å². The molecule has 0 N–H and O–H groups in total. The lowest BCUT2D eigenvalue weighted by Gasteiger charge is -2.38. The molecule has 4 atom stereocenters. The zero-order valence-electron chi connectivity index (χ0n) is 17.5. The van der Waals surface area contributed by atoms with E-state index in [1.165, 1.54) is 18.2 Å². The Bertz CT molecular complexity index is 744. The van der Waals surface area contributed by atoms with Crippen LogP contribution in [0.25, 0.3) is 0 Å². The van der Waals surface area contributed by atoms with Gasteiger partial charge in [0.25, 0.3) is 0 Å². The van der Waals surface area contributed by atoms with Gasteiger partial charge in [-0.05, 0) is 42.7 Å². The summed E-state index contributed by atoms with van der Waals surface area (Å²) in [4.78, 5) is 15.3. The largest absolute Gasteiger partial charge is 0.469 e. The lowest BCUT2D eigenvalue weighted by atomic mass is 9.84. The van der Waals surface area contributed by atoms with Gasteiger partial charge in [0.2, 0.25) is 0 Å². The average Bonchev–Trinajstić information content (AvgIpc) is 3.17. The predicted molar refractivity (Wildman–Crippen MR) is 114 cm³/mol. The number of hydrogen-bond donors (Lipinski definition) is 0. The summed E-state index contributed by atoms with van der Waals surface area (Å²) in [7, 11) is 1.53. The monoisotopic (exact) mass is 379 g/mol. The Labute approximate surface area is 169 Å². The molecule has 2 aromatic carbocycles.